The highest BCUT2D eigenvalue weighted by molar-refractivity contribution is 7.14. The highest BCUT2D eigenvalue weighted by Crippen LogP contribution is 2.28. The van der Waals surface area contributed by atoms with Crippen LogP contribution in [-0.4, -0.2) is 35.9 Å². The van der Waals surface area contributed by atoms with Crippen LogP contribution in [0, 0.1) is 0 Å². The van der Waals surface area contributed by atoms with Crippen LogP contribution in [0.3, 0.4) is 0 Å². The highest BCUT2D eigenvalue weighted by Gasteiger charge is 2.43. The normalized spacial score (nSPS) is 18.0. The first-order valence-corrected chi connectivity index (χ1v) is 7.39. The van der Waals surface area contributed by atoms with Crippen molar-refractivity contribution in [2.45, 2.75) is 44.7 Å². The number of rotatable bonds is 4. The fourth-order valence-electron chi connectivity index (χ4n) is 2.13. The standard InChI is InChI=1S/C13H16F3NO3S/c1-2-8(11(18)13(14,15)16)17-12(19)10-5-7-6-20-4-3-9(7)21-10/h5,8,11,18H,2-4,6H2,1H3,(H,17,19)/t8-,11-/m1/s1. The number of ether oxygens (including phenoxy) is 1. The highest BCUT2D eigenvalue weighted by atomic mass is 32.1. The van der Waals surface area contributed by atoms with E-state index in [0.29, 0.717) is 24.5 Å². The molecule has 2 heterocycles. The van der Waals surface area contributed by atoms with Crippen molar-refractivity contribution >= 4 is 17.2 Å². The second kappa shape index (κ2) is 6.33. The third-order valence-corrected chi connectivity index (χ3v) is 4.56. The Morgan fingerprint density at radius 3 is 2.86 bits per heavy atom. The lowest BCUT2D eigenvalue weighted by Crippen LogP contribution is -2.49. The van der Waals surface area contributed by atoms with Gasteiger partial charge in [0.05, 0.1) is 24.1 Å². The molecule has 2 atom stereocenters. The van der Waals surface area contributed by atoms with E-state index >= 15 is 0 Å². The molecule has 21 heavy (non-hydrogen) atoms. The van der Waals surface area contributed by atoms with Gasteiger partial charge in [-0.15, -0.1) is 11.3 Å². The second-order valence-electron chi connectivity index (χ2n) is 4.84. The average molecular weight is 323 g/mol. The smallest absolute Gasteiger partial charge is 0.382 e. The first-order chi connectivity index (χ1) is 9.82. The van der Waals surface area contributed by atoms with Gasteiger partial charge in [0.15, 0.2) is 6.10 Å². The predicted octanol–water partition coefficient (Wildman–Crippen LogP) is 2.25. The zero-order chi connectivity index (χ0) is 15.6. The summed E-state index contributed by atoms with van der Waals surface area (Å²) in [5.74, 6) is -0.593. The Hall–Kier alpha value is -1.12. The quantitative estimate of drug-likeness (QED) is 0.893. The number of thiophene rings is 1. The van der Waals surface area contributed by atoms with Crippen LogP contribution in [0.5, 0.6) is 0 Å². The van der Waals surface area contributed by atoms with Gasteiger partial charge in [-0.3, -0.25) is 4.79 Å². The summed E-state index contributed by atoms with van der Waals surface area (Å²) in [6.45, 7) is 2.48. The van der Waals surface area contributed by atoms with E-state index in [4.69, 9.17) is 4.74 Å². The Morgan fingerprint density at radius 2 is 2.29 bits per heavy atom. The molecule has 1 aliphatic heterocycles. The van der Waals surface area contributed by atoms with Gasteiger partial charge in [-0.25, -0.2) is 0 Å². The Kier molecular flexibility index (Phi) is 4.90. The van der Waals surface area contributed by atoms with Crippen LogP contribution in [0.4, 0.5) is 13.2 Å². The summed E-state index contributed by atoms with van der Waals surface area (Å²) >= 11 is 1.26. The van der Waals surface area contributed by atoms with Gasteiger partial charge < -0.3 is 15.2 Å². The fourth-order valence-corrected chi connectivity index (χ4v) is 3.18. The SMILES string of the molecule is CC[C@@H](NC(=O)c1cc2c(s1)CCOC2)[C@@H](O)C(F)(F)F. The summed E-state index contributed by atoms with van der Waals surface area (Å²) in [5.41, 5.74) is 0.904. The number of halogens is 3. The van der Waals surface area contributed by atoms with Gasteiger partial charge in [-0.1, -0.05) is 6.92 Å². The van der Waals surface area contributed by atoms with Crippen LogP contribution >= 0.6 is 11.3 Å². The molecule has 2 rings (SSSR count). The number of hydrogen-bond acceptors (Lipinski definition) is 4. The molecule has 1 aromatic heterocycles. The van der Waals surface area contributed by atoms with Crippen LogP contribution in [0.25, 0.3) is 0 Å². The summed E-state index contributed by atoms with van der Waals surface area (Å²) in [4.78, 5) is 13.4. The Labute approximate surface area is 123 Å². The number of carbonyl (C=O) groups excluding carboxylic acids is 1. The molecule has 0 aromatic carbocycles. The van der Waals surface area contributed by atoms with Crippen molar-refractivity contribution in [1.29, 1.82) is 0 Å². The number of fused-ring (bicyclic) bond motifs is 1. The van der Waals surface area contributed by atoms with Crippen LogP contribution in [0.15, 0.2) is 6.07 Å². The fraction of sp³-hybridized carbons (Fsp3) is 0.615. The van der Waals surface area contributed by atoms with Crippen molar-refractivity contribution in [1.82, 2.24) is 5.32 Å². The lowest BCUT2D eigenvalue weighted by molar-refractivity contribution is -0.211. The monoisotopic (exact) mass is 323 g/mol. The van der Waals surface area contributed by atoms with E-state index in [2.05, 4.69) is 5.32 Å². The van der Waals surface area contributed by atoms with Gasteiger partial charge in [-0.05, 0) is 18.1 Å². The molecule has 118 valence electrons. The van der Waals surface area contributed by atoms with E-state index in [9.17, 15) is 23.1 Å². The molecule has 0 fully saturated rings. The lowest BCUT2D eigenvalue weighted by atomic mass is 10.1. The van der Waals surface area contributed by atoms with E-state index in [0.717, 1.165) is 10.4 Å². The zero-order valence-corrected chi connectivity index (χ0v) is 12.2. The van der Waals surface area contributed by atoms with E-state index in [1.165, 1.54) is 18.3 Å². The first kappa shape index (κ1) is 16.3. The second-order valence-corrected chi connectivity index (χ2v) is 5.97. The molecule has 1 aromatic rings. The Balaban J connectivity index is 2.07. The minimum Gasteiger partial charge on any atom is -0.382 e. The van der Waals surface area contributed by atoms with E-state index in [1.54, 1.807) is 6.07 Å². The van der Waals surface area contributed by atoms with Gasteiger partial charge in [-0.2, -0.15) is 13.2 Å². The number of aliphatic hydroxyl groups is 1. The Bertz CT molecular complexity index is 492. The summed E-state index contributed by atoms with van der Waals surface area (Å²) in [7, 11) is 0. The van der Waals surface area contributed by atoms with Crippen molar-refractivity contribution in [3.05, 3.63) is 21.4 Å². The Morgan fingerprint density at radius 1 is 1.57 bits per heavy atom. The van der Waals surface area contributed by atoms with Crippen molar-refractivity contribution < 1.29 is 27.8 Å². The molecular formula is C13H16F3NO3S. The summed E-state index contributed by atoms with van der Waals surface area (Å²) in [5, 5.41) is 11.5. The topological polar surface area (TPSA) is 58.6 Å². The molecule has 8 heteroatoms. The third-order valence-electron chi connectivity index (χ3n) is 3.32. The van der Waals surface area contributed by atoms with Gasteiger partial charge in [0.25, 0.3) is 5.91 Å². The number of carbonyl (C=O) groups is 1. The molecule has 0 radical (unpaired) electrons. The molecule has 0 bridgehead atoms. The van der Waals surface area contributed by atoms with Gasteiger partial charge in [0.1, 0.15) is 0 Å². The van der Waals surface area contributed by atoms with Gasteiger partial charge >= 0.3 is 6.18 Å². The predicted molar refractivity (Wildman–Crippen MR) is 71.3 cm³/mol. The van der Waals surface area contributed by atoms with Crippen LogP contribution in [0.1, 0.15) is 33.5 Å². The van der Waals surface area contributed by atoms with E-state index < -0.39 is 24.2 Å². The minimum atomic E-state index is -4.75. The number of amides is 1. The molecule has 0 saturated carbocycles. The molecule has 2 N–H and O–H groups in total. The molecule has 1 amide bonds. The number of nitrogens with one attached hydrogen (secondary N) is 1. The lowest BCUT2D eigenvalue weighted by Gasteiger charge is -2.24. The molecule has 4 nitrogen and oxygen atoms in total. The maximum absolute atomic E-state index is 12.5. The number of alkyl halides is 3. The van der Waals surface area contributed by atoms with Crippen LogP contribution in [-0.2, 0) is 17.8 Å². The van der Waals surface area contributed by atoms with Gasteiger partial charge in [0.2, 0.25) is 0 Å². The van der Waals surface area contributed by atoms with Crippen LogP contribution < -0.4 is 5.32 Å². The van der Waals surface area contributed by atoms with Crippen molar-refractivity contribution in [3.63, 3.8) is 0 Å². The zero-order valence-electron chi connectivity index (χ0n) is 11.4. The third kappa shape index (κ3) is 3.75. The van der Waals surface area contributed by atoms with E-state index in [-0.39, 0.29) is 6.42 Å². The maximum atomic E-state index is 12.5. The largest absolute Gasteiger partial charge is 0.416 e. The summed E-state index contributed by atoms with van der Waals surface area (Å²) < 4.78 is 42.8. The number of aliphatic hydroxyl groups excluding tert-OH is 1. The average Bonchev–Trinajstić information content (AvgIpc) is 2.86. The van der Waals surface area contributed by atoms with Crippen LogP contribution in [0.2, 0.25) is 0 Å². The maximum Gasteiger partial charge on any atom is 0.416 e. The van der Waals surface area contributed by atoms with Crippen molar-refractivity contribution in [2.75, 3.05) is 6.61 Å². The summed E-state index contributed by atoms with van der Waals surface area (Å²) in [6, 6.07) is 0.286. The summed E-state index contributed by atoms with van der Waals surface area (Å²) in [6.07, 6.45) is -6.63. The van der Waals surface area contributed by atoms with E-state index in [1.807, 2.05) is 0 Å². The first-order valence-electron chi connectivity index (χ1n) is 6.58. The molecule has 0 unspecified atom stereocenters. The molecular weight excluding hydrogens is 307 g/mol. The molecule has 0 saturated heterocycles. The van der Waals surface area contributed by atoms with Gasteiger partial charge in [0, 0.05) is 11.3 Å². The number of hydrogen-bond donors (Lipinski definition) is 2. The minimum absolute atomic E-state index is 0.0133. The van der Waals surface area contributed by atoms with Crippen molar-refractivity contribution in [2.24, 2.45) is 0 Å². The molecule has 0 aliphatic carbocycles. The van der Waals surface area contributed by atoms with Crippen molar-refractivity contribution in [3.8, 4) is 0 Å². The molecule has 0 spiro atoms. The molecule has 1 aliphatic rings.